The van der Waals surface area contributed by atoms with E-state index in [0.29, 0.717) is 0 Å². The molecule has 1 atom stereocenters. The van der Waals surface area contributed by atoms with E-state index in [0.717, 1.165) is 11.4 Å². The summed E-state index contributed by atoms with van der Waals surface area (Å²) >= 11 is 0. The molecule has 0 saturated carbocycles. The summed E-state index contributed by atoms with van der Waals surface area (Å²) in [6.45, 7) is 1.48. The van der Waals surface area contributed by atoms with Crippen molar-refractivity contribution in [3.05, 3.63) is 35.6 Å². The second-order valence-corrected chi connectivity index (χ2v) is 3.99. The fraction of sp³-hybridized carbons (Fsp3) is 0.167. The van der Waals surface area contributed by atoms with E-state index in [-0.39, 0.29) is 17.2 Å². The lowest BCUT2D eigenvalue weighted by atomic mass is 10.2. The zero-order valence-corrected chi connectivity index (χ0v) is 9.21. The average Bonchev–Trinajstić information content (AvgIpc) is 2.67. The molecule has 2 N–H and O–H groups in total. The molecule has 5 nitrogen and oxygen atoms in total. The lowest BCUT2D eigenvalue weighted by Crippen LogP contribution is -2.43. The molecule has 1 aromatic rings. The van der Waals surface area contributed by atoms with Crippen LogP contribution in [-0.2, 0) is 4.79 Å². The van der Waals surface area contributed by atoms with Gasteiger partial charge in [-0.2, -0.15) is 0 Å². The molecule has 2 aliphatic rings. The highest BCUT2D eigenvalue weighted by Gasteiger charge is 2.37. The van der Waals surface area contributed by atoms with Crippen LogP contribution < -0.4 is 10.2 Å². The van der Waals surface area contributed by atoms with Crippen LogP contribution in [-0.4, -0.2) is 23.5 Å². The SMILES string of the molecule is CC(O)=C1C=N[C@H]2Nc3ccccc3N2C1=O. The van der Waals surface area contributed by atoms with E-state index < -0.39 is 6.29 Å². The minimum absolute atomic E-state index is 0.0124. The van der Waals surface area contributed by atoms with Crippen molar-refractivity contribution >= 4 is 23.5 Å². The highest BCUT2D eigenvalue weighted by atomic mass is 16.3. The van der Waals surface area contributed by atoms with Crippen molar-refractivity contribution in [2.75, 3.05) is 10.2 Å². The number of nitrogens with zero attached hydrogens (tertiary/aromatic N) is 2. The third kappa shape index (κ3) is 1.32. The summed E-state index contributed by atoms with van der Waals surface area (Å²) in [6.07, 6.45) is 1.01. The van der Waals surface area contributed by atoms with Crippen LogP contribution in [0.3, 0.4) is 0 Å². The molecule has 3 rings (SSSR count). The maximum atomic E-state index is 12.2. The Bertz CT molecular complexity index is 559. The number of para-hydroxylation sites is 2. The first-order valence-corrected chi connectivity index (χ1v) is 5.30. The molecule has 17 heavy (non-hydrogen) atoms. The Labute approximate surface area is 98.1 Å². The number of aliphatic hydroxyl groups is 1. The normalized spacial score (nSPS) is 24.2. The van der Waals surface area contributed by atoms with Crippen LogP contribution in [0.4, 0.5) is 11.4 Å². The van der Waals surface area contributed by atoms with Gasteiger partial charge < -0.3 is 10.4 Å². The Hall–Kier alpha value is -2.30. The molecule has 1 amide bonds. The molecule has 0 fully saturated rings. The number of carbonyl (C=O) groups excluding carboxylic acids is 1. The summed E-state index contributed by atoms with van der Waals surface area (Å²) in [7, 11) is 0. The van der Waals surface area contributed by atoms with E-state index >= 15 is 0 Å². The summed E-state index contributed by atoms with van der Waals surface area (Å²) < 4.78 is 0. The van der Waals surface area contributed by atoms with E-state index in [9.17, 15) is 9.90 Å². The number of amides is 1. The summed E-state index contributed by atoms with van der Waals surface area (Å²) in [5, 5.41) is 12.6. The Kier molecular flexibility index (Phi) is 1.95. The summed E-state index contributed by atoms with van der Waals surface area (Å²) in [4.78, 5) is 17.9. The van der Waals surface area contributed by atoms with Crippen LogP contribution in [0.15, 0.2) is 40.6 Å². The van der Waals surface area contributed by atoms with Crippen molar-refractivity contribution in [1.82, 2.24) is 0 Å². The van der Waals surface area contributed by atoms with Crippen molar-refractivity contribution in [3.63, 3.8) is 0 Å². The van der Waals surface area contributed by atoms with Gasteiger partial charge in [0.2, 0.25) is 6.29 Å². The van der Waals surface area contributed by atoms with Gasteiger partial charge in [0, 0.05) is 6.21 Å². The topological polar surface area (TPSA) is 64.9 Å². The first kappa shape index (κ1) is 9.89. The van der Waals surface area contributed by atoms with Gasteiger partial charge in [-0.25, -0.2) is 4.99 Å². The quantitative estimate of drug-likeness (QED) is 0.525. The van der Waals surface area contributed by atoms with Gasteiger partial charge in [0.1, 0.15) is 5.76 Å². The number of aliphatic hydroxyl groups excluding tert-OH is 1. The molecule has 5 heteroatoms. The predicted octanol–water partition coefficient (Wildman–Crippen LogP) is 1.65. The lowest BCUT2D eigenvalue weighted by Gasteiger charge is -2.25. The minimum Gasteiger partial charge on any atom is -0.512 e. The molecule has 0 spiro atoms. The van der Waals surface area contributed by atoms with Crippen molar-refractivity contribution in [1.29, 1.82) is 0 Å². The van der Waals surface area contributed by atoms with E-state index in [2.05, 4.69) is 10.3 Å². The van der Waals surface area contributed by atoms with Crippen LogP contribution in [0.5, 0.6) is 0 Å². The molecule has 1 aromatic carbocycles. The fourth-order valence-electron chi connectivity index (χ4n) is 2.04. The van der Waals surface area contributed by atoms with Crippen LogP contribution in [0.25, 0.3) is 0 Å². The van der Waals surface area contributed by atoms with Gasteiger partial charge in [0.05, 0.1) is 16.9 Å². The molecule has 86 valence electrons. The van der Waals surface area contributed by atoms with Crippen LogP contribution in [0, 0.1) is 0 Å². The van der Waals surface area contributed by atoms with Gasteiger partial charge in [-0.3, -0.25) is 9.69 Å². The lowest BCUT2D eigenvalue weighted by molar-refractivity contribution is -0.115. The number of allylic oxidation sites excluding steroid dienone is 1. The number of nitrogens with one attached hydrogen (secondary N) is 1. The molecule has 0 aromatic heterocycles. The van der Waals surface area contributed by atoms with Crippen molar-refractivity contribution in [3.8, 4) is 0 Å². The molecule has 2 aliphatic heterocycles. The average molecular weight is 229 g/mol. The van der Waals surface area contributed by atoms with Crippen molar-refractivity contribution < 1.29 is 9.90 Å². The smallest absolute Gasteiger partial charge is 0.266 e. The fourth-order valence-corrected chi connectivity index (χ4v) is 2.04. The summed E-state index contributed by atoms with van der Waals surface area (Å²) in [6, 6.07) is 7.51. The van der Waals surface area contributed by atoms with Gasteiger partial charge >= 0.3 is 0 Å². The van der Waals surface area contributed by atoms with Gasteiger partial charge in [-0.1, -0.05) is 12.1 Å². The highest BCUT2D eigenvalue weighted by molar-refractivity contribution is 6.22. The second-order valence-electron chi connectivity index (χ2n) is 3.99. The number of aliphatic imine (C=N–C) groups is 1. The third-order valence-corrected chi connectivity index (χ3v) is 2.88. The van der Waals surface area contributed by atoms with Crippen LogP contribution in [0.1, 0.15) is 6.92 Å². The maximum absolute atomic E-state index is 12.2. The van der Waals surface area contributed by atoms with Gasteiger partial charge in [-0.15, -0.1) is 0 Å². The number of hydrogen-bond donors (Lipinski definition) is 2. The number of carbonyl (C=O) groups is 1. The monoisotopic (exact) mass is 229 g/mol. The Morgan fingerprint density at radius 2 is 2.24 bits per heavy atom. The standard InChI is InChI=1S/C12H11N3O2/c1-7(16)8-6-13-12-14-9-4-2-3-5-10(9)15(12)11(8)17/h2-6,12,14,16H,1H3/t12-/m0/s1. The predicted molar refractivity (Wildman–Crippen MR) is 65.2 cm³/mol. The molecule has 0 saturated heterocycles. The first-order valence-electron chi connectivity index (χ1n) is 5.30. The summed E-state index contributed by atoms with van der Waals surface area (Å²) in [5.74, 6) is -0.246. The zero-order chi connectivity index (χ0) is 12.0. The molecule has 0 radical (unpaired) electrons. The van der Waals surface area contributed by atoms with E-state index in [1.807, 2.05) is 24.3 Å². The largest absolute Gasteiger partial charge is 0.512 e. The molecule has 2 heterocycles. The van der Waals surface area contributed by atoms with Gasteiger partial charge in [0.15, 0.2) is 0 Å². The number of rotatable bonds is 0. The number of benzene rings is 1. The van der Waals surface area contributed by atoms with Gasteiger partial charge in [-0.05, 0) is 19.1 Å². The molecular weight excluding hydrogens is 218 g/mol. The first-order chi connectivity index (χ1) is 8.18. The Morgan fingerprint density at radius 3 is 3.00 bits per heavy atom. The van der Waals surface area contributed by atoms with E-state index in [1.54, 1.807) is 4.90 Å². The number of fused-ring (bicyclic) bond motifs is 3. The molecule has 0 unspecified atom stereocenters. The summed E-state index contributed by atoms with van der Waals surface area (Å²) in [5.41, 5.74) is 1.90. The Balaban J connectivity index is 2.13. The number of anilines is 2. The Morgan fingerprint density at radius 1 is 1.47 bits per heavy atom. The van der Waals surface area contributed by atoms with E-state index in [1.165, 1.54) is 13.1 Å². The second kappa shape index (κ2) is 3.35. The van der Waals surface area contributed by atoms with Crippen molar-refractivity contribution in [2.45, 2.75) is 13.2 Å². The van der Waals surface area contributed by atoms with Gasteiger partial charge in [0.25, 0.3) is 5.91 Å². The molecular formula is C12H11N3O2. The van der Waals surface area contributed by atoms with E-state index in [4.69, 9.17) is 0 Å². The maximum Gasteiger partial charge on any atom is 0.266 e. The van der Waals surface area contributed by atoms with Crippen molar-refractivity contribution in [2.24, 2.45) is 4.99 Å². The molecule has 0 bridgehead atoms. The number of hydrogen-bond acceptors (Lipinski definition) is 4. The highest BCUT2D eigenvalue weighted by Crippen LogP contribution is 2.36. The van der Waals surface area contributed by atoms with Crippen LogP contribution in [0.2, 0.25) is 0 Å². The third-order valence-electron chi connectivity index (χ3n) is 2.88. The van der Waals surface area contributed by atoms with Crippen LogP contribution >= 0.6 is 0 Å². The zero-order valence-electron chi connectivity index (χ0n) is 9.21. The molecule has 0 aliphatic carbocycles. The minimum atomic E-state index is -0.400.